The number of carbonyl (C=O) groups excluding carboxylic acids is 1. The molecule has 0 spiro atoms. The van der Waals surface area contributed by atoms with Crippen molar-refractivity contribution in [1.82, 2.24) is 19.9 Å². The second-order valence-electron chi connectivity index (χ2n) is 5.19. The van der Waals surface area contributed by atoms with Crippen molar-refractivity contribution in [3.05, 3.63) is 47.5 Å². The van der Waals surface area contributed by atoms with E-state index in [0.717, 1.165) is 5.56 Å². The zero-order valence-electron chi connectivity index (χ0n) is 12.5. The van der Waals surface area contributed by atoms with Crippen molar-refractivity contribution in [1.29, 1.82) is 0 Å². The zero-order chi connectivity index (χ0) is 16.1. The summed E-state index contributed by atoms with van der Waals surface area (Å²) in [5.74, 6) is -0.275. The minimum atomic E-state index is -0.374. The van der Waals surface area contributed by atoms with Gasteiger partial charge in [0.1, 0.15) is 18.1 Å². The summed E-state index contributed by atoms with van der Waals surface area (Å²) >= 11 is 0. The van der Waals surface area contributed by atoms with E-state index in [0.29, 0.717) is 38.5 Å². The largest absolute Gasteiger partial charge is 0.443 e. The number of rotatable bonds is 4. The van der Waals surface area contributed by atoms with Gasteiger partial charge in [-0.2, -0.15) is 0 Å². The summed E-state index contributed by atoms with van der Waals surface area (Å²) in [6.07, 6.45) is 1.33. The summed E-state index contributed by atoms with van der Waals surface area (Å²) in [6, 6.07) is 6.18. The van der Waals surface area contributed by atoms with E-state index in [1.807, 2.05) is 0 Å². The second kappa shape index (κ2) is 7.19. The Kier molecular flexibility index (Phi) is 4.82. The number of aromatic nitrogens is 3. The lowest BCUT2D eigenvalue weighted by Gasteiger charge is -2.25. The molecule has 1 saturated heterocycles. The van der Waals surface area contributed by atoms with Gasteiger partial charge in [0.2, 0.25) is 0 Å². The van der Waals surface area contributed by atoms with E-state index < -0.39 is 0 Å². The van der Waals surface area contributed by atoms with E-state index in [1.54, 1.807) is 27.9 Å². The van der Waals surface area contributed by atoms with Crippen LogP contribution in [0, 0.1) is 5.82 Å². The molecule has 3 rings (SSSR count). The van der Waals surface area contributed by atoms with E-state index in [9.17, 15) is 9.18 Å². The lowest BCUT2D eigenvalue weighted by Crippen LogP contribution is -2.40. The zero-order valence-corrected chi connectivity index (χ0v) is 12.5. The van der Waals surface area contributed by atoms with E-state index in [4.69, 9.17) is 9.47 Å². The van der Waals surface area contributed by atoms with Crippen LogP contribution in [0.5, 0.6) is 0 Å². The first-order valence-corrected chi connectivity index (χ1v) is 7.33. The van der Waals surface area contributed by atoms with Crippen LogP contribution in [-0.4, -0.2) is 52.3 Å². The fraction of sp³-hybridized carbons (Fsp3) is 0.400. The molecule has 8 heteroatoms. The maximum absolute atomic E-state index is 12.9. The summed E-state index contributed by atoms with van der Waals surface area (Å²) in [5.41, 5.74) is 1.47. The molecular formula is C15H17FN4O3. The van der Waals surface area contributed by atoms with Gasteiger partial charge < -0.3 is 14.4 Å². The predicted molar refractivity (Wildman–Crippen MR) is 78.1 cm³/mol. The highest BCUT2D eigenvalue weighted by atomic mass is 19.1. The van der Waals surface area contributed by atoms with Gasteiger partial charge in [-0.3, -0.25) is 0 Å². The van der Waals surface area contributed by atoms with E-state index in [-0.39, 0.29) is 18.5 Å². The van der Waals surface area contributed by atoms with Gasteiger partial charge in [-0.1, -0.05) is 17.3 Å². The van der Waals surface area contributed by atoms with E-state index in [1.165, 1.54) is 12.1 Å². The monoisotopic (exact) mass is 320 g/mol. The van der Waals surface area contributed by atoms with Crippen molar-refractivity contribution in [3.63, 3.8) is 0 Å². The Morgan fingerprint density at radius 3 is 2.74 bits per heavy atom. The van der Waals surface area contributed by atoms with E-state index >= 15 is 0 Å². The van der Waals surface area contributed by atoms with Gasteiger partial charge in [0.15, 0.2) is 0 Å². The molecule has 1 fully saturated rings. The molecule has 2 aromatic rings. The van der Waals surface area contributed by atoms with Crippen molar-refractivity contribution in [3.8, 4) is 0 Å². The molecule has 1 amide bonds. The molecule has 0 bridgehead atoms. The molecule has 1 aliphatic heterocycles. The van der Waals surface area contributed by atoms with Gasteiger partial charge >= 0.3 is 6.09 Å². The Hall–Kier alpha value is -2.48. The number of hydrogen-bond donors (Lipinski definition) is 0. The lowest BCUT2D eigenvalue weighted by atomic mass is 10.2. The Morgan fingerprint density at radius 1 is 1.26 bits per heavy atom. The molecule has 0 N–H and O–H groups in total. The first kappa shape index (κ1) is 15.4. The fourth-order valence-electron chi connectivity index (χ4n) is 2.23. The Bertz CT molecular complexity index is 653. The summed E-state index contributed by atoms with van der Waals surface area (Å²) in [5, 5.41) is 7.94. The molecule has 2 heterocycles. The van der Waals surface area contributed by atoms with Gasteiger partial charge in [0.25, 0.3) is 0 Å². The number of hydrogen-bond acceptors (Lipinski definition) is 5. The minimum absolute atomic E-state index is 0.0691. The summed E-state index contributed by atoms with van der Waals surface area (Å²) in [7, 11) is 0. The Morgan fingerprint density at radius 2 is 2.00 bits per heavy atom. The molecule has 0 radical (unpaired) electrons. The van der Waals surface area contributed by atoms with E-state index in [2.05, 4.69) is 10.3 Å². The van der Waals surface area contributed by atoms with Crippen LogP contribution >= 0.6 is 0 Å². The van der Waals surface area contributed by atoms with Crippen LogP contribution < -0.4 is 0 Å². The molecule has 122 valence electrons. The van der Waals surface area contributed by atoms with Crippen LogP contribution in [0.4, 0.5) is 9.18 Å². The lowest BCUT2D eigenvalue weighted by molar-refractivity contribution is 0.0246. The van der Waals surface area contributed by atoms with Crippen molar-refractivity contribution in [2.24, 2.45) is 0 Å². The minimum Gasteiger partial charge on any atom is -0.443 e. The summed E-state index contributed by atoms with van der Waals surface area (Å²) in [4.78, 5) is 13.5. The molecule has 0 saturated carbocycles. The number of ether oxygens (including phenoxy) is 2. The summed E-state index contributed by atoms with van der Waals surface area (Å²) < 4.78 is 24.9. The van der Waals surface area contributed by atoms with Gasteiger partial charge in [0.05, 0.1) is 26.0 Å². The molecule has 0 aliphatic carbocycles. The normalized spacial score (nSPS) is 14.7. The molecule has 23 heavy (non-hydrogen) atoms. The number of benzene rings is 1. The third-order valence-electron chi connectivity index (χ3n) is 3.46. The average molecular weight is 320 g/mol. The molecular weight excluding hydrogens is 303 g/mol. The highest BCUT2D eigenvalue weighted by Gasteiger charge is 2.18. The molecule has 1 aliphatic rings. The quantitative estimate of drug-likeness (QED) is 0.852. The molecule has 1 aromatic heterocycles. The first-order valence-electron chi connectivity index (χ1n) is 7.33. The third-order valence-corrected chi connectivity index (χ3v) is 3.46. The smallest absolute Gasteiger partial charge is 0.410 e. The maximum atomic E-state index is 12.9. The van der Waals surface area contributed by atoms with Crippen LogP contribution in [-0.2, 0) is 22.6 Å². The van der Waals surface area contributed by atoms with Gasteiger partial charge in [-0.15, -0.1) is 5.10 Å². The topological polar surface area (TPSA) is 69.5 Å². The maximum Gasteiger partial charge on any atom is 0.410 e. The van der Waals surface area contributed by atoms with Gasteiger partial charge in [0, 0.05) is 13.1 Å². The summed E-state index contributed by atoms with van der Waals surface area (Å²) in [6.45, 7) is 2.68. The van der Waals surface area contributed by atoms with Crippen molar-refractivity contribution in [2.45, 2.75) is 13.2 Å². The molecule has 1 aromatic carbocycles. The number of amides is 1. The predicted octanol–water partition coefficient (Wildman–Crippen LogP) is 1.43. The molecule has 0 unspecified atom stereocenters. The Labute approximate surface area is 132 Å². The van der Waals surface area contributed by atoms with Crippen LogP contribution in [0.3, 0.4) is 0 Å². The van der Waals surface area contributed by atoms with Crippen LogP contribution in [0.25, 0.3) is 0 Å². The SMILES string of the molecule is O=C(OCc1cn(Cc2ccc(F)cc2)nn1)N1CCOCC1. The number of carbonyl (C=O) groups is 1. The second-order valence-corrected chi connectivity index (χ2v) is 5.19. The third kappa shape index (κ3) is 4.26. The van der Waals surface area contributed by atoms with Crippen molar-refractivity contribution in [2.75, 3.05) is 26.3 Å². The molecule has 0 atom stereocenters. The van der Waals surface area contributed by atoms with Gasteiger partial charge in [-0.25, -0.2) is 13.9 Å². The fourth-order valence-corrected chi connectivity index (χ4v) is 2.23. The van der Waals surface area contributed by atoms with Gasteiger partial charge in [-0.05, 0) is 17.7 Å². The molecule has 7 nitrogen and oxygen atoms in total. The van der Waals surface area contributed by atoms with Crippen LogP contribution in [0.2, 0.25) is 0 Å². The highest BCUT2D eigenvalue weighted by molar-refractivity contribution is 5.67. The number of morpholine rings is 1. The Balaban J connectivity index is 1.50. The average Bonchev–Trinajstić information content (AvgIpc) is 3.03. The van der Waals surface area contributed by atoms with Crippen molar-refractivity contribution < 1.29 is 18.7 Å². The first-order chi connectivity index (χ1) is 11.2. The number of halogens is 1. The van der Waals surface area contributed by atoms with Crippen LogP contribution in [0.1, 0.15) is 11.3 Å². The van der Waals surface area contributed by atoms with Crippen molar-refractivity contribution >= 4 is 6.09 Å². The standard InChI is InChI=1S/C15H17FN4O3/c16-13-3-1-12(2-4-13)9-20-10-14(17-18-20)11-23-15(21)19-5-7-22-8-6-19/h1-4,10H,5-9,11H2. The van der Waals surface area contributed by atoms with Crippen LogP contribution in [0.15, 0.2) is 30.5 Å². The number of nitrogens with zero attached hydrogens (tertiary/aromatic N) is 4. The highest BCUT2D eigenvalue weighted by Crippen LogP contribution is 2.06.